The number of fused-ring (bicyclic) bond motifs is 1. The molecule has 1 N–H and O–H groups in total. The molecule has 0 aliphatic carbocycles. The van der Waals surface area contributed by atoms with Gasteiger partial charge in [0.05, 0.1) is 12.2 Å². The summed E-state index contributed by atoms with van der Waals surface area (Å²) in [5.41, 5.74) is 1.11. The fourth-order valence-electron chi connectivity index (χ4n) is 2.64. The van der Waals surface area contributed by atoms with E-state index in [1.54, 1.807) is 0 Å². The molecule has 0 aromatic heterocycles. The van der Waals surface area contributed by atoms with Crippen molar-refractivity contribution in [3.05, 3.63) is 24.3 Å². The van der Waals surface area contributed by atoms with Crippen LogP contribution in [0.4, 0.5) is 5.69 Å². The lowest BCUT2D eigenvalue weighted by Gasteiger charge is -2.33. The molecule has 3 heteroatoms. The maximum Gasteiger partial charge on any atom is 0.142 e. The van der Waals surface area contributed by atoms with Gasteiger partial charge in [-0.3, -0.25) is 4.90 Å². The average Bonchev–Trinajstić information content (AvgIpc) is 2.40. The summed E-state index contributed by atoms with van der Waals surface area (Å²) in [5.74, 6) is 0.978. The standard InChI is InChI=1S/C15H24N2O/c1-4-12(5-2)17(3)11-13-10-16-14-8-6-7-9-15(14)18-13/h6-9,12-13,16H,4-5,10-11H2,1-3H3. The molecule has 100 valence electrons. The van der Waals surface area contributed by atoms with E-state index in [0.29, 0.717) is 6.04 Å². The van der Waals surface area contributed by atoms with Crippen LogP contribution < -0.4 is 10.1 Å². The lowest BCUT2D eigenvalue weighted by molar-refractivity contribution is 0.122. The van der Waals surface area contributed by atoms with Crippen LogP contribution in [0.2, 0.25) is 0 Å². The number of anilines is 1. The maximum atomic E-state index is 6.04. The highest BCUT2D eigenvalue weighted by Gasteiger charge is 2.22. The highest BCUT2D eigenvalue weighted by atomic mass is 16.5. The van der Waals surface area contributed by atoms with Crippen LogP contribution in [0.1, 0.15) is 26.7 Å². The summed E-state index contributed by atoms with van der Waals surface area (Å²) in [7, 11) is 2.20. The lowest BCUT2D eigenvalue weighted by Crippen LogP contribution is -2.43. The summed E-state index contributed by atoms with van der Waals surface area (Å²) < 4.78 is 6.04. The number of nitrogens with zero attached hydrogens (tertiary/aromatic N) is 1. The summed E-state index contributed by atoms with van der Waals surface area (Å²) in [6.45, 7) is 6.37. The van der Waals surface area contributed by atoms with Crippen molar-refractivity contribution in [2.24, 2.45) is 0 Å². The van der Waals surface area contributed by atoms with Crippen molar-refractivity contribution in [2.45, 2.75) is 38.8 Å². The van der Waals surface area contributed by atoms with Gasteiger partial charge in [-0.25, -0.2) is 0 Å². The Morgan fingerprint density at radius 2 is 2.06 bits per heavy atom. The van der Waals surface area contributed by atoms with E-state index in [1.807, 2.05) is 18.2 Å². The number of nitrogens with one attached hydrogen (secondary N) is 1. The molecule has 18 heavy (non-hydrogen) atoms. The predicted octanol–water partition coefficient (Wildman–Crippen LogP) is 2.98. The highest BCUT2D eigenvalue weighted by molar-refractivity contribution is 5.57. The van der Waals surface area contributed by atoms with E-state index < -0.39 is 0 Å². The molecule has 0 bridgehead atoms. The van der Waals surface area contributed by atoms with Crippen molar-refractivity contribution in [1.82, 2.24) is 4.90 Å². The zero-order chi connectivity index (χ0) is 13.0. The predicted molar refractivity (Wildman–Crippen MR) is 76.3 cm³/mol. The second-order valence-corrected chi connectivity index (χ2v) is 5.03. The van der Waals surface area contributed by atoms with E-state index >= 15 is 0 Å². The lowest BCUT2D eigenvalue weighted by atomic mass is 10.1. The third-order valence-electron chi connectivity index (χ3n) is 3.76. The number of rotatable bonds is 5. The van der Waals surface area contributed by atoms with Crippen LogP contribution in [0, 0.1) is 0 Å². The number of ether oxygens (including phenoxy) is 1. The summed E-state index contributed by atoms with van der Waals surface area (Å²) in [5, 5.41) is 3.44. The maximum absolute atomic E-state index is 6.04. The van der Waals surface area contributed by atoms with Crippen molar-refractivity contribution < 1.29 is 4.74 Å². The van der Waals surface area contributed by atoms with Gasteiger partial charge in [0.25, 0.3) is 0 Å². The number of para-hydroxylation sites is 2. The number of benzene rings is 1. The van der Waals surface area contributed by atoms with Gasteiger partial charge in [0.2, 0.25) is 0 Å². The minimum Gasteiger partial charge on any atom is -0.485 e. The fourth-order valence-corrected chi connectivity index (χ4v) is 2.64. The molecular formula is C15H24N2O. The molecule has 1 atom stereocenters. The zero-order valence-corrected chi connectivity index (χ0v) is 11.6. The van der Waals surface area contributed by atoms with E-state index in [4.69, 9.17) is 4.74 Å². The second-order valence-electron chi connectivity index (χ2n) is 5.03. The molecule has 3 nitrogen and oxygen atoms in total. The first kappa shape index (κ1) is 13.2. The van der Waals surface area contributed by atoms with Crippen LogP contribution in [-0.4, -0.2) is 37.2 Å². The molecule has 1 heterocycles. The van der Waals surface area contributed by atoms with E-state index in [1.165, 1.54) is 12.8 Å². The Balaban J connectivity index is 1.93. The van der Waals surface area contributed by atoms with Crippen LogP contribution in [0.25, 0.3) is 0 Å². The van der Waals surface area contributed by atoms with Crippen molar-refractivity contribution in [3.8, 4) is 5.75 Å². The minimum absolute atomic E-state index is 0.241. The Morgan fingerprint density at radius 3 is 2.78 bits per heavy atom. The van der Waals surface area contributed by atoms with Crippen molar-refractivity contribution in [2.75, 3.05) is 25.5 Å². The topological polar surface area (TPSA) is 24.5 Å². The molecule has 0 radical (unpaired) electrons. The van der Waals surface area contributed by atoms with Crippen LogP contribution in [0.5, 0.6) is 5.75 Å². The van der Waals surface area contributed by atoms with Gasteiger partial charge in [0, 0.05) is 12.6 Å². The Bertz CT molecular complexity index is 377. The first-order valence-electron chi connectivity index (χ1n) is 6.94. The number of likely N-dealkylation sites (N-methyl/N-ethyl adjacent to an activating group) is 1. The Morgan fingerprint density at radius 1 is 1.33 bits per heavy atom. The monoisotopic (exact) mass is 248 g/mol. The molecule has 0 spiro atoms. The molecule has 1 aromatic carbocycles. The Labute approximate surface area is 110 Å². The van der Waals surface area contributed by atoms with Crippen LogP contribution in [0.15, 0.2) is 24.3 Å². The van der Waals surface area contributed by atoms with Crippen LogP contribution >= 0.6 is 0 Å². The van der Waals surface area contributed by atoms with Gasteiger partial charge in [-0.1, -0.05) is 26.0 Å². The first-order valence-corrected chi connectivity index (χ1v) is 6.94. The molecule has 1 aliphatic rings. The minimum atomic E-state index is 0.241. The number of hydrogen-bond acceptors (Lipinski definition) is 3. The van der Waals surface area contributed by atoms with Crippen molar-refractivity contribution in [3.63, 3.8) is 0 Å². The SMILES string of the molecule is CCC(CC)N(C)CC1CNc2ccccc2O1. The largest absolute Gasteiger partial charge is 0.485 e. The van der Waals surface area contributed by atoms with E-state index in [-0.39, 0.29) is 6.10 Å². The van der Waals surface area contributed by atoms with Gasteiger partial charge in [-0.05, 0) is 32.0 Å². The summed E-state index contributed by atoms with van der Waals surface area (Å²) in [4.78, 5) is 2.42. The van der Waals surface area contributed by atoms with Crippen molar-refractivity contribution >= 4 is 5.69 Å². The van der Waals surface area contributed by atoms with Gasteiger partial charge >= 0.3 is 0 Å². The summed E-state index contributed by atoms with van der Waals surface area (Å²) in [6, 6.07) is 8.81. The molecule has 1 aliphatic heterocycles. The van der Waals surface area contributed by atoms with Crippen LogP contribution in [-0.2, 0) is 0 Å². The quantitative estimate of drug-likeness (QED) is 0.867. The number of hydrogen-bond donors (Lipinski definition) is 1. The van der Waals surface area contributed by atoms with Gasteiger partial charge in [-0.15, -0.1) is 0 Å². The highest BCUT2D eigenvalue weighted by Crippen LogP contribution is 2.28. The summed E-state index contributed by atoms with van der Waals surface area (Å²) in [6.07, 6.45) is 2.64. The third-order valence-corrected chi connectivity index (χ3v) is 3.76. The van der Waals surface area contributed by atoms with Gasteiger partial charge in [-0.2, -0.15) is 0 Å². The van der Waals surface area contributed by atoms with E-state index in [9.17, 15) is 0 Å². The first-order chi connectivity index (χ1) is 8.74. The smallest absolute Gasteiger partial charge is 0.142 e. The average molecular weight is 248 g/mol. The summed E-state index contributed by atoms with van der Waals surface area (Å²) >= 11 is 0. The van der Waals surface area contributed by atoms with Crippen molar-refractivity contribution in [1.29, 1.82) is 0 Å². The molecule has 0 saturated heterocycles. The van der Waals surface area contributed by atoms with Crippen LogP contribution in [0.3, 0.4) is 0 Å². The molecule has 1 aromatic rings. The third kappa shape index (κ3) is 2.96. The molecular weight excluding hydrogens is 224 g/mol. The van der Waals surface area contributed by atoms with E-state index in [0.717, 1.165) is 24.5 Å². The molecule has 0 saturated carbocycles. The van der Waals surface area contributed by atoms with Gasteiger partial charge in [0.15, 0.2) is 0 Å². The van der Waals surface area contributed by atoms with Gasteiger partial charge in [0.1, 0.15) is 11.9 Å². The molecule has 1 unspecified atom stereocenters. The molecule has 0 fully saturated rings. The molecule has 2 rings (SSSR count). The van der Waals surface area contributed by atoms with Gasteiger partial charge < -0.3 is 10.1 Å². The zero-order valence-electron chi connectivity index (χ0n) is 11.6. The Hall–Kier alpha value is -1.22. The molecule has 0 amide bonds. The Kier molecular flexibility index (Phi) is 4.48. The normalized spacial score (nSPS) is 18.4. The fraction of sp³-hybridized carbons (Fsp3) is 0.600. The second kappa shape index (κ2) is 6.10. The van der Waals surface area contributed by atoms with E-state index in [2.05, 4.69) is 37.2 Å².